The van der Waals surface area contributed by atoms with Crippen LogP contribution in [0.5, 0.6) is 5.75 Å². The highest BCUT2D eigenvalue weighted by Gasteiger charge is 2.74. The first-order valence-corrected chi connectivity index (χ1v) is 21.6. The van der Waals surface area contributed by atoms with Gasteiger partial charge in [-0.3, -0.25) is 4.79 Å². The smallest absolute Gasteiger partial charge is 0.410 e. The van der Waals surface area contributed by atoms with Crippen molar-refractivity contribution >= 4 is 33.4 Å². The minimum absolute atomic E-state index is 0.0251. The topological polar surface area (TPSA) is 87.1 Å². The maximum Gasteiger partial charge on any atom is 0.416 e. The van der Waals surface area contributed by atoms with Crippen molar-refractivity contribution < 1.29 is 37.7 Å². The van der Waals surface area contributed by atoms with Crippen LogP contribution in [0.4, 0.5) is 18.0 Å². The van der Waals surface area contributed by atoms with Crippen LogP contribution in [-0.4, -0.2) is 45.2 Å². The number of hydrogen-bond acceptors (Lipinski definition) is 5. The van der Waals surface area contributed by atoms with Gasteiger partial charge in [0.15, 0.2) is 5.78 Å². The molecule has 6 aliphatic rings. The van der Waals surface area contributed by atoms with E-state index in [2.05, 4.69) is 26.0 Å². The Labute approximate surface area is 353 Å². The highest BCUT2D eigenvalue weighted by Crippen LogP contribution is 2.78. The number of aliphatic hydroxyl groups excluding tert-OH is 1. The van der Waals surface area contributed by atoms with Crippen molar-refractivity contribution in [3.05, 3.63) is 150 Å². The summed E-state index contributed by atoms with van der Waals surface area (Å²) in [4.78, 5) is 31.2. The number of aliphatic hydroxyl groups is 2. The molecule has 8 atom stereocenters. The molecule has 3 saturated carbocycles. The third-order valence-corrected chi connectivity index (χ3v) is 16.3. The average molecular weight is 826 g/mol. The van der Waals surface area contributed by atoms with Gasteiger partial charge in [0.2, 0.25) is 0 Å². The van der Waals surface area contributed by atoms with E-state index in [-0.39, 0.29) is 35.9 Å². The fraction of sp³-hybridized carbons (Fsp3) is 0.385. The number of benzene rings is 5. The van der Waals surface area contributed by atoms with Crippen LogP contribution in [0.15, 0.2) is 133 Å². The van der Waals surface area contributed by atoms with Gasteiger partial charge in [0.05, 0.1) is 23.8 Å². The highest BCUT2D eigenvalue weighted by atomic mass is 19.4. The molecule has 314 valence electrons. The maximum atomic E-state index is 15.0. The number of alkyl halides is 3. The first-order valence-electron chi connectivity index (χ1n) is 21.6. The number of hydrogen-bond donors (Lipinski definition) is 2. The number of carbonyl (C=O) groups is 2. The second-order valence-electron chi connectivity index (χ2n) is 19.1. The zero-order chi connectivity index (χ0) is 42.6. The quantitative estimate of drug-likeness (QED) is 0.126. The molecule has 0 aromatic heterocycles. The number of ketones is 1. The van der Waals surface area contributed by atoms with Crippen LogP contribution >= 0.6 is 0 Å². The van der Waals surface area contributed by atoms with E-state index in [1.165, 1.54) is 12.1 Å². The molecule has 9 heteroatoms. The van der Waals surface area contributed by atoms with Crippen molar-refractivity contribution in [3.8, 4) is 5.75 Å². The first kappa shape index (κ1) is 39.9. The van der Waals surface area contributed by atoms with Crippen molar-refractivity contribution in [2.75, 3.05) is 6.54 Å². The molecule has 11 rings (SSSR count). The zero-order valence-electron chi connectivity index (χ0n) is 34.4. The number of allylic oxidation sites excluding steroid dienone is 4. The lowest BCUT2D eigenvalue weighted by Gasteiger charge is -2.71. The normalized spacial score (nSPS) is 32.5. The Kier molecular flexibility index (Phi) is 9.07. The number of halogens is 3. The Morgan fingerprint density at radius 3 is 2.26 bits per heavy atom. The van der Waals surface area contributed by atoms with Gasteiger partial charge in [-0.25, -0.2) is 4.79 Å². The average Bonchev–Trinajstić information content (AvgIpc) is 3.52. The second kappa shape index (κ2) is 13.9. The van der Waals surface area contributed by atoms with Crippen molar-refractivity contribution in [2.24, 2.45) is 33.5 Å². The summed E-state index contributed by atoms with van der Waals surface area (Å²) in [6.07, 6.45) is 4.48. The van der Waals surface area contributed by atoms with E-state index >= 15 is 0 Å². The molecule has 0 heterocycles. The van der Waals surface area contributed by atoms with Crippen molar-refractivity contribution in [3.63, 3.8) is 0 Å². The second-order valence-corrected chi connectivity index (χ2v) is 19.1. The molecule has 5 aromatic carbocycles. The molecule has 2 bridgehead atoms. The lowest BCUT2D eigenvalue weighted by atomic mass is 9.32. The number of carbonyl (C=O) groups excluding carboxylic acids is 2. The van der Waals surface area contributed by atoms with Gasteiger partial charge < -0.3 is 19.8 Å². The highest BCUT2D eigenvalue weighted by molar-refractivity contribution is 6.10. The molecule has 3 fully saturated rings. The molecule has 6 aliphatic carbocycles. The fourth-order valence-electron chi connectivity index (χ4n) is 13.1. The van der Waals surface area contributed by atoms with E-state index in [4.69, 9.17) is 4.74 Å². The van der Waals surface area contributed by atoms with E-state index in [9.17, 15) is 33.0 Å². The molecule has 2 N–H and O–H groups in total. The van der Waals surface area contributed by atoms with E-state index < -0.39 is 51.6 Å². The van der Waals surface area contributed by atoms with Gasteiger partial charge in [-0.1, -0.05) is 117 Å². The largest absolute Gasteiger partial charge is 0.416 e. The van der Waals surface area contributed by atoms with Gasteiger partial charge >= 0.3 is 12.3 Å². The number of amides is 1. The maximum absolute atomic E-state index is 15.0. The van der Waals surface area contributed by atoms with Gasteiger partial charge in [-0.15, -0.1) is 0 Å². The lowest BCUT2D eigenvalue weighted by molar-refractivity contribution is -0.175. The minimum atomic E-state index is -4.62. The van der Waals surface area contributed by atoms with Crippen molar-refractivity contribution in [1.82, 2.24) is 4.90 Å². The van der Waals surface area contributed by atoms with E-state index in [1.54, 1.807) is 11.0 Å². The molecule has 8 unspecified atom stereocenters. The van der Waals surface area contributed by atoms with Crippen LogP contribution in [0.2, 0.25) is 0 Å². The standard InChI is InChI=1S/C52H50F3NO5/c1-47-22-19-39(57)29-49(47)25-26-51(42(30-49)45(58)36-13-8-15-38(27-36)52(53,54)55)43(47)20-23-48(2)44(51)21-24-50(48,60)32-56(31-37-14-7-12-34-10-5-6-16-41(34)37)46(59)61-40-18-17-33-9-3-4-11-35(33)28-40/h3-18,25-28,30,39,43-44,57,60H,19-24,29,31-32H2,1-2H3. The Morgan fingerprint density at radius 1 is 0.770 bits per heavy atom. The molecule has 0 radical (unpaired) electrons. The number of ether oxygens (including phenoxy) is 1. The van der Waals surface area contributed by atoms with Crippen LogP contribution in [0, 0.1) is 33.5 Å². The molecule has 5 aromatic rings. The van der Waals surface area contributed by atoms with Crippen molar-refractivity contribution in [1.29, 1.82) is 0 Å². The number of Topliss-reactive ketones (excluding diaryl/α,β-unsaturated/α-hetero) is 1. The van der Waals surface area contributed by atoms with Gasteiger partial charge in [0.1, 0.15) is 5.75 Å². The van der Waals surface area contributed by atoms with Crippen LogP contribution in [0.1, 0.15) is 80.3 Å². The lowest BCUT2D eigenvalue weighted by Crippen LogP contribution is -2.67. The Bertz CT molecular complexity index is 2670. The molecular weight excluding hydrogens is 776 g/mol. The third-order valence-electron chi connectivity index (χ3n) is 16.3. The van der Waals surface area contributed by atoms with Crippen LogP contribution in [0.3, 0.4) is 0 Å². The van der Waals surface area contributed by atoms with Crippen LogP contribution in [-0.2, 0) is 12.7 Å². The predicted octanol–water partition coefficient (Wildman–Crippen LogP) is 11.5. The summed E-state index contributed by atoms with van der Waals surface area (Å²) in [5.74, 6) is -0.394. The Morgan fingerprint density at radius 2 is 1.46 bits per heavy atom. The molecular formula is C52H50F3NO5. The summed E-state index contributed by atoms with van der Waals surface area (Å²) in [7, 11) is 0. The first-order chi connectivity index (χ1) is 29.1. The summed E-state index contributed by atoms with van der Waals surface area (Å²) < 4.78 is 48.3. The van der Waals surface area contributed by atoms with Gasteiger partial charge in [0, 0.05) is 33.9 Å². The number of nitrogens with zero attached hydrogens (tertiary/aromatic N) is 1. The van der Waals surface area contributed by atoms with Crippen LogP contribution in [0.25, 0.3) is 21.5 Å². The van der Waals surface area contributed by atoms with Crippen molar-refractivity contribution in [2.45, 2.75) is 83.2 Å². The molecule has 61 heavy (non-hydrogen) atoms. The summed E-state index contributed by atoms with van der Waals surface area (Å²) >= 11 is 0. The molecule has 6 nitrogen and oxygen atoms in total. The van der Waals surface area contributed by atoms with Crippen LogP contribution < -0.4 is 4.74 Å². The summed E-state index contributed by atoms with van der Waals surface area (Å²) in [5.41, 5.74) is -3.64. The predicted molar refractivity (Wildman–Crippen MR) is 229 cm³/mol. The number of rotatable bonds is 7. The Balaban J connectivity index is 1.05. The third kappa shape index (κ3) is 5.97. The monoisotopic (exact) mass is 825 g/mol. The summed E-state index contributed by atoms with van der Waals surface area (Å²) in [6.45, 7) is 4.49. The number of fused-ring (bicyclic) bond motifs is 3. The SMILES string of the molecule is CC12CCC(O)CC13C=CC1(C(C(=O)c4cccc(C(F)(F)F)c4)=C3)C2CCC2(C)C1CCC2(O)CN(Cc1cccc2ccccc12)C(=O)Oc1ccc2ccccc2c1. The molecule has 1 amide bonds. The Hall–Kier alpha value is -5.25. The summed E-state index contributed by atoms with van der Waals surface area (Å²) in [6, 6.07) is 32.0. The fourth-order valence-corrected chi connectivity index (χ4v) is 13.1. The zero-order valence-corrected chi connectivity index (χ0v) is 34.4. The molecule has 2 spiro atoms. The minimum Gasteiger partial charge on any atom is -0.410 e. The van der Waals surface area contributed by atoms with Gasteiger partial charge in [-0.2, -0.15) is 13.2 Å². The molecule has 0 saturated heterocycles. The van der Waals surface area contributed by atoms with E-state index in [0.29, 0.717) is 49.8 Å². The summed E-state index contributed by atoms with van der Waals surface area (Å²) in [5, 5.41) is 28.4. The van der Waals surface area contributed by atoms with E-state index in [0.717, 1.165) is 45.7 Å². The van der Waals surface area contributed by atoms with E-state index in [1.807, 2.05) is 84.9 Å². The van der Waals surface area contributed by atoms with Gasteiger partial charge in [-0.05, 0) is 114 Å². The van der Waals surface area contributed by atoms with Gasteiger partial charge in [0.25, 0.3) is 0 Å². The molecule has 0 aliphatic heterocycles.